The van der Waals surface area contributed by atoms with Gasteiger partial charge in [-0.1, -0.05) is 0 Å². The van der Waals surface area contributed by atoms with Crippen LogP contribution in [0.15, 0.2) is 11.3 Å². The molecule has 0 aromatic heterocycles. The molecule has 0 saturated heterocycles. The van der Waals surface area contributed by atoms with Crippen LogP contribution in [0.25, 0.3) is 5.32 Å². The predicted octanol–water partition coefficient (Wildman–Crippen LogP) is 4.23. The van der Waals surface area contributed by atoms with E-state index in [0.717, 1.165) is 51.1 Å². The number of benzene rings is 1. The Morgan fingerprint density at radius 3 is 1.83 bits per heavy atom. The zero-order valence-corrected chi connectivity index (χ0v) is 17.6. The van der Waals surface area contributed by atoms with Gasteiger partial charge in [-0.15, -0.1) is 0 Å². The van der Waals surface area contributed by atoms with Crippen molar-refractivity contribution in [3.63, 3.8) is 0 Å². The third-order valence-electron chi connectivity index (χ3n) is 4.35. The molecule has 0 heterocycles. The zero-order chi connectivity index (χ0) is 18.1. The fourth-order valence-corrected chi connectivity index (χ4v) is 2.90. The van der Waals surface area contributed by atoms with E-state index in [1.54, 1.807) is 0 Å². The summed E-state index contributed by atoms with van der Waals surface area (Å²) in [7, 11) is 0. The van der Waals surface area contributed by atoms with Crippen molar-refractivity contribution in [1.82, 2.24) is 0 Å². The van der Waals surface area contributed by atoms with Crippen LogP contribution in [0.2, 0.25) is 0 Å². The maximum atomic E-state index is 11.7. The van der Waals surface area contributed by atoms with Crippen LogP contribution in [0.5, 0.6) is 0 Å². The van der Waals surface area contributed by atoms with Gasteiger partial charge in [-0.05, 0) is 0 Å². The van der Waals surface area contributed by atoms with Gasteiger partial charge in [0, 0.05) is 0 Å². The Kier molecular flexibility index (Phi) is 6.24. The van der Waals surface area contributed by atoms with Gasteiger partial charge in [-0.3, -0.25) is 0 Å². The van der Waals surface area contributed by atoms with Gasteiger partial charge < -0.3 is 0 Å². The third kappa shape index (κ3) is 3.87. The second-order valence-corrected chi connectivity index (χ2v) is 7.20. The van der Waals surface area contributed by atoms with Crippen molar-refractivity contribution < 1.29 is 34.0 Å². The number of nitrogens with zero attached hydrogens (tertiary/aromatic N) is 1. The Bertz CT molecular complexity index is 745. The fourth-order valence-electron chi connectivity index (χ4n) is 2.37. The first-order valence-electron chi connectivity index (χ1n) is 7.28. The molecule has 5 heteroatoms. The summed E-state index contributed by atoms with van der Waals surface area (Å²) in [5.41, 5.74) is 5.86. The monoisotopic (exact) mass is 484 g/mol. The van der Waals surface area contributed by atoms with Gasteiger partial charge in [-0.2, -0.15) is 0 Å². The van der Waals surface area contributed by atoms with E-state index in [1.165, 1.54) is 6.92 Å². The van der Waals surface area contributed by atoms with E-state index in [1.807, 2.05) is 41.5 Å². The van der Waals surface area contributed by atoms with Crippen molar-refractivity contribution in [2.45, 2.75) is 48.5 Å². The summed E-state index contributed by atoms with van der Waals surface area (Å²) in [6.07, 6.45) is 0. The van der Waals surface area contributed by atoms with Crippen molar-refractivity contribution in [2.24, 2.45) is 0 Å². The summed E-state index contributed by atoms with van der Waals surface area (Å²) >= 11 is 1.09. The van der Waals surface area contributed by atoms with E-state index in [0.29, 0.717) is 11.4 Å². The Morgan fingerprint density at radius 2 is 1.39 bits per heavy atom. The molecule has 23 heavy (non-hydrogen) atoms. The molecule has 1 N–H and O–H groups in total. The molecular weight excluding hydrogens is 462 g/mol. The Hall–Kier alpha value is -1.54. The number of ketones is 1. The number of carbonyl (C=O) groups excluding carboxylic acids is 1. The third-order valence-corrected chi connectivity index (χ3v) is 6.48. The molecule has 1 aromatic carbocycles. The summed E-state index contributed by atoms with van der Waals surface area (Å²) in [6.45, 7) is 12.8. The van der Waals surface area contributed by atoms with E-state index in [4.69, 9.17) is 0 Å². The van der Waals surface area contributed by atoms with Crippen molar-refractivity contribution in [1.29, 1.82) is 0 Å². The van der Waals surface area contributed by atoms with Crippen LogP contribution in [0.1, 0.15) is 53.4 Å². The van der Waals surface area contributed by atoms with Crippen LogP contribution >= 0.6 is 0 Å². The molecule has 0 aliphatic carbocycles. The normalized spacial score (nSPS) is 11.8. The molecule has 0 bridgehead atoms. The molecule has 0 spiro atoms. The molecule has 0 unspecified atom stereocenters. The second-order valence-electron chi connectivity index (χ2n) is 5.74. The van der Waals surface area contributed by atoms with E-state index in [9.17, 15) is 14.7 Å². The Morgan fingerprint density at radius 1 is 0.913 bits per heavy atom. The standard InChI is InChI=1S/C18H22NO3.W/c1-9(8-10(2)20)15(7)19-17-14(6)12(4)11(3)13(5)16(17)18(21)22;/h1-7H3,(H,21,22);/q-1;. The topological polar surface area (TPSA) is 68.5 Å². The van der Waals surface area contributed by atoms with E-state index in [-0.39, 0.29) is 11.3 Å². The van der Waals surface area contributed by atoms with Crippen LogP contribution in [-0.2, 0) is 24.1 Å². The van der Waals surface area contributed by atoms with Crippen LogP contribution < -0.4 is 0 Å². The Labute approximate surface area is 148 Å². The molecule has 0 aliphatic rings. The first kappa shape index (κ1) is 19.5. The Balaban J connectivity index is 3.56. The number of allylic oxidation sites excluding steroid dienone is 2. The van der Waals surface area contributed by atoms with Gasteiger partial charge >= 0.3 is 148 Å². The minimum absolute atomic E-state index is 0.0264. The summed E-state index contributed by atoms with van der Waals surface area (Å²) in [5.74, 6) is -0.950. The number of carbonyl (C=O) groups is 2. The molecule has 124 valence electrons. The molecule has 0 atom stereocenters. The van der Waals surface area contributed by atoms with E-state index >= 15 is 0 Å². The molecule has 0 aliphatic heterocycles. The van der Waals surface area contributed by atoms with Crippen molar-refractivity contribution in [3.05, 3.63) is 44.4 Å². The van der Waals surface area contributed by atoms with Crippen LogP contribution in [0.3, 0.4) is 0 Å². The van der Waals surface area contributed by atoms with Crippen LogP contribution in [0.4, 0.5) is 5.69 Å². The predicted molar refractivity (Wildman–Crippen MR) is 89.4 cm³/mol. The number of aromatic carboxylic acids is 1. The maximum absolute atomic E-state index is 11.7. The number of carboxylic acid groups (broad SMARTS) is 1. The van der Waals surface area contributed by atoms with Gasteiger partial charge in [0.15, 0.2) is 0 Å². The van der Waals surface area contributed by atoms with Crippen molar-refractivity contribution in [2.75, 3.05) is 0 Å². The summed E-state index contributed by atoms with van der Waals surface area (Å²) in [5, 5.41) is 14.2. The summed E-state index contributed by atoms with van der Waals surface area (Å²) in [6, 6.07) is 0. The SMILES string of the molecule is CC(=O)[C](=[W])C(C)=C(C)[N-]c1c(C)c(C)c(C)c(C)c1C(=O)O. The summed E-state index contributed by atoms with van der Waals surface area (Å²) in [4.78, 5) is 23.3. The van der Waals surface area contributed by atoms with Gasteiger partial charge in [-0.25, -0.2) is 0 Å². The van der Waals surface area contributed by atoms with Crippen LogP contribution in [0, 0.1) is 27.7 Å². The molecule has 0 radical (unpaired) electrons. The number of Topliss-reactive ketones (excluding diaryl/α,β-unsaturated/α-hetero) is 1. The zero-order valence-electron chi connectivity index (χ0n) is 14.6. The van der Waals surface area contributed by atoms with Gasteiger partial charge in [0.1, 0.15) is 0 Å². The minimum atomic E-state index is -0.976. The van der Waals surface area contributed by atoms with Gasteiger partial charge in [0.2, 0.25) is 0 Å². The van der Waals surface area contributed by atoms with E-state index in [2.05, 4.69) is 5.32 Å². The van der Waals surface area contributed by atoms with Crippen molar-refractivity contribution in [3.8, 4) is 0 Å². The molecule has 0 amide bonds. The average molecular weight is 484 g/mol. The number of rotatable bonds is 5. The van der Waals surface area contributed by atoms with Gasteiger partial charge in [0.25, 0.3) is 0 Å². The first-order chi connectivity index (χ1) is 10.5. The summed E-state index contributed by atoms with van der Waals surface area (Å²) < 4.78 is 0.723. The van der Waals surface area contributed by atoms with Gasteiger partial charge in [0.05, 0.1) is 0 Å². The van der Waals surface area contributed by atoms with Crippen molar-refractivity contribution >= 4 is 21.3 Å². The quantitative estimate of drug-likeness (QED) is 0.681. The number of hydrogen-bond donors (Lipinski definition) is 1. The number of hydrogen-bond acceptors (Lipinski definition) is 2. The average Bonchev–Trinajstić information content (AvgIpc) is 2.48. The molecule has 1 aromatic rings. The van der Waals surface area contributed by atoms with Crippen LogP contribution in [-0.4, -0.2) is 20.8 Å². The number of carboxylic acids is 1. The molecular formula is C18H22NO3W-. The second kappa shape index (κ2) is 7.35. The molecule has 0 fully saturated rings. The fraction of sp³-hybridized carbons (Fsp3) is 0.389. The van der Waals surface area contributed by atoms with E-state index < -0.39 is 5.97 Å². The molecule has 0 saturated carbocycles. The molecule has 4 nitrogen and oxygen atoms in total. The molecule has 1 rings (SSSR count). The first-order valence-corrected chi connectivity index (χ1v) is 8.75.